The summed E-state index contributed by atoms with van der Waals surface area (Å²) in [7, 11) is -4.44. The molecule has 0 bridgehead atoms. The van der Waals surface area contributed by atoms with Crippen molar-refractivity contribution in [1.29, 1.82) is 5.26 Å². The SMILES string of the molecule is CC(C)CC(N/C=C(/C#N)C(=O)Nc1cccc(S(=O)(=O)O)c1)C(=O)O. The van der Waals surface area contributed by atoms with Crippen LogP contribution >= 0.6 is 0 Å². The van der Waals surface area contributed by atoms with E-state index in [0.717, 1.165) is 18.3 Å². The van der Waals surface area contributed by atoms with E-state index in [1.54, 1.807) is 6.07 Å². The monoisotopic (exact) mass is 381 g/mol. The molecule has 0 saturated heterocycles. The summed E-state index contributed by atoms with van der Waals surface area (Å²) in [6.45, 7) is 3.67. The topological polar surface area (TPSA) is 157 Å². The van der Waals surface area contributed by atoms with E-state index >= 15 is 0 Å². The lowest BCUT2D eigenvalue weighted by molar-refractivity contribution is -0.139. The highest BCUT2D eigenvalue weighted by atomic mass is 32.2. The van der Waals surface area contributed by atoms with Crippen LogP contribution in [0.25, 0.3) is 0 Å². The van der Waals surface area contributed by atoms with Gasteiger partial charge in [-0.2, -0.15) is 13.7 Å². The second-order valence-electron chi connectivity index (χ2n) is 5.81. The minimum Gasteiger partial charge on any atom is -0.480 e. The molecule has 140 valence electrons. The van der Waals surface area contributed by atoms with Gasteiger partial charge in [0.05, 0.1) is 4.90 Å². The van der Waals surface area contributed by atoms with Gasteiger partial charge in [0.1, 0.15) is 17.7 Å². The number of nitrogens with zero attached hydrogens (tertiary/aromatic N) is 1. The van der Waals surface area contributed by atoms with E-state index < -0.39 is 38.5 Å². The molecule has 1 aromatic rings. The van der Waals surface area contributed by atoms with Gasteiger partial charge in [0.15, 0.2) is 0 Å². The maximum absolute atomic E-state index is 12.1. The van der Waals surface area contributed by atoms with Gasteiger partial charge in [0, 0.05) is 11.9 Å². The van der Waals surface area contributed by atoms with E-state index in [2.05, 4.69) is 10.6 Å². The van der Waals surface area contributed by atoms with Crippen molar-refractivity contribution >= 4 is 27.7 Å². The number of anilines is 1. The van der Waals surface area contributed by atoms with Gasteiger partial charge in [-0.15, -0.1) is 0 Å². The summed E-state index contributed by atoms with van der Waals surface area (Å²) in [6.07, 6.45) is 1.30. The molecule has 4 N–H and O–H groups in total. The number of rotatable bonds is 8. The molecule has 0 saturated carbocycles. The number of carboxylic acids is 1. The van der Waals surface area contributed by atoms with Crippen LogP contribution in [0.2, 0.25) is 0 Å². The van der Waals surface area contributed by atoms with Crippen molar-refractivity contribution in [2.75, 3.05) is 5.32 Å². The number of amides is 1. The lowest BCUT2D eigenvalue weighted by Crippen LogP contribution is -2.35. The van der Waals surface area contributed by atoms with Crippen LogP contribution < -0.4 is 10.6 Å². The molecule has 1 rings (SSSR count). The molecule has 1 unspecified atom stereocenters. The van der Waals surface area contributed by atoms with Crippen LogP contribution in [0.15, 0.2) is 40.9 Å². The van der Waals surface area contributed by atoms with Gasteiger partial charge in [0.25, 0.3) is 16.0 Å². The Morgan fingerprint density at radius 1 is 1.35 bits per heavy atom. The van der Waals surface area contributed by atoms with Crippen LogP contribution in [0.5, 0.6) is 0 Å². The highest BCUT2D eigenvalue weighted by Gasteiger charge is 2.19. The molecule has 1 atom stereocenters. The molecular formula is C16H19N3O6S. The smallest absolute Gasteiger partial charge is 0.326 e. The quantitative estimate of drug-likeness (QED) is 0.299. The third-order valence-corrected chi connectivity index (χ3v) is 4.04. The first kappa shape index (κ1) is 21.1. The van der Waals surface area contributed by atoms with Crippen LogP contribution in [0.4, 0.5) is 5.69 Å². The fourth-order valence-corrected chi connectivity index (χ4v) is 2.50. The maximum Gasteiger partial charge on any atom is 0.326 e. The highest BCUT2D eigenvalue weighted by molar-refractivity contribution is 7.85. The predicted octanol–water partition coefficient (Wildman–Crippen LogP) is 1.37. The summed E-state index contributed by atoms with van der Waals surface area (Å²) in [4.78, 5) is 22.9. The standard InChI is InChI=1S/C16H19N3O6S/c1-10(2)6-14(16(21)22)18-9-11(8-17)15(20)19-12-4-3-5-13(7-12)26(23,24)25/h3-5,7,9-10,14,18H,6H2,1-2H3,(H,19,20)(H,21,22)(H,23,24,25)/b11-9-. The van der Waals surface area contributed by atoms with Crippen molar-refractivity contribution in [2.24, 2.45) is 5.92 Å². The Morgan fingerprint density at radius 3 is 2.50 bits per heavy atom. The van der Waals surface area contributed by atoms with Gasteiger partial charge in [-0.05, 0) is 30.5 Å². The number of carbonyl (C=O) groups is 2. The normalized spacial score (nSPS) is 13.0. The first-order valence-electron chi connectivity index (χ1n) is 7.52. The third-order valence-electron chi connectivity index (χ3n) is 3.19. The second kappa shape index (κ2) is 8.98. The number of carboxylic acid groups (broad SMARTS) is 1. The van der Waals surface area contributed by atoms with E-state index in [1.807, 2.05) is 13.8 Å². The number of aliphatic carboxylic acids is 1. The first-order valence-corrected chi connectivity index (χ1v) is 8.96. The van der Waals surface area contributed by atoms with Gasteiger partial charge >= 0.3 is 5.97 Å². The van der Waals surface area contributed by atoms with Gasteiger partial charge in [0.2, 0.25) is 0 Å². The fraction of sp³-hybridized carbons (Fsp3) is 0.312. The molecule has 1 amide bonds. The van der Waals surface area contributed by atoms with Crippen molar-refractivity contribution in [2.45, 2.75) is 31.2 Å². The van der Waals surface area contributed by atoms with Crippen molar-refractivity contribution in [3.8, 4) is 6.07 Å². The molecule has 26 heavy (non-hydrogen) atoms. The molecule has 0 aromatic heterocycles. The van der Waals surface area contributed by atoms with E-state index in [9.17, 15) is 18.0 Å². The summed E-state index contributed by atoms with van der Waals surface area (Å²) >= 11 is 0. The average molecular weight is 381 g/mol. The molecule has 9 nitrogen and oxygen atoms in total. The van der Waals surface area contributed by atoms with Gasteiger partial charge in [-0.1, -0.05) is 19.9 Å². The van der Waals surface area contributed by atoms with E-state index in [0.29, 0.717) is 6.42 Å². The minimum atomic E-state index is -4.44. The zero-order chi connectivity index (χ0) is 19.9. The molecule has 0 spiro atoms. The zero-order valence-corrected chi connectivity index (χ0v) is 14.9. The third kappa shape index (κ3) is 6.54. The number of hydrogen-bond donors (Lipinski definition) is 4. The molecule has 0 radical (unpaired) electrons. The Kier molecular flexibility index (Phi) is 7.30. The van der Waals surface area contributed by atoms with Gasteiger partial charge in [-0.3, -0.25) is 9.35 Å². The Morgan fingerprint density at radius 2 is 2.00 bits per heavy atom. The predicted molar refractivity (Wildman–Crippen MR) is 92.6 cm³/mol. The second-order valence-corrected chi connectivity index (χ2v) is 7.24. The maximum atomic E-state index is 12.1. The largest absolute Gasteiger partial charge is 0.480 e. The molecule has 10 heteroatoms. The Hall–Kier alpha value is -2.90. The van der Waals surface area contributed by atoms with Crippen LogP contribution in [0.1, 0.15) is 20.3 Å². The van der Waals surface area contributed by atoms with Crippen LogP contribution in [-0.2, 0) is 19.7 Å². The number of carbonyl (C=O) groups excluding carboxylic acids is 1. The van der Waals surface area contributed by atoms with Crippen molar-refractivity contribution in [3.63, 3.8) is 0 Å². The van der Waals surface area contributed by atoms with Crippen molar-refractivity contribution in [3.05, 3.63) is 36.0 Å². The zero-order valence-electron chi connectivity index (χ0n) is 14.1. The molecule has 0 fully saturated rings. The summed E-state index contributed by atoms with van der Waals surface area (Å²) in [5, 5.41) is 23.1. The minimum absolute atomic E-state index is 0.0447. The van der Waals surface area contributed by atoms with Crippen LogP contribution in [0.3, 0.4) is 0 Å². The summed E-state index contributed by atoms with van der Waals surface area (Å²) in [6, 6.07) is 5.51. The molecule has 0 aliphatic carbocycles. The fourth-order valence-electron chi connectivity index (χ4n) is 1.98. The molecule has 0 heterocycles. The van der Waals surface area contributed by atoms with E-state index in [4.69, 9.17) is 14.9 Å². The van der Waals surface area contributed by atoms with Gasteiger partial charge < -0.3 is 15.7 Å². The summed E-state index contributed by atoms with van der Waals surface area (Å²) in [5.74, 6) is -1.89. The molecule has 0 aliphatic heterocycles. The molecule has 1 aromatic carbocycles. The Labute approximate surface area is 151 Å². The average Bonchev–Trinajstić information content (AvgIpc) is 2.53. The van der Waals surface area contributed by atoms with Gasteiger partial charge in [-0.25, -0.2) is 4.79 Å². The number of nitrogens with one attached hydrogen (secondary N) is 2. The number of benzene rings is 1. The van der Waals surface area contributed by atoms with Crippen molar-refractivity contribution < 1.29 is 27.7 Å². The van der Waals surface area contributed by atoms with E-state index in [-0.39, 0.29) is 11.6 Å². The lowest BCUT2D eigenvalue weighted by Gasteiger charge is -2.15. The Balaban J connectivity index is 2.93. The number of nitriles is 1. The van der Waals surface area contributed by atoms with Crippen LogP contribution in [0, 0.1) is 17.2 Å². The molecular weight excluding hydrogens is 362 g/mol. The highest BCUT2D eigenvalue weighted by Crippen LogP contribution is 2.16. The van der Waals surface area contributed by atoms with Crippen molar-refractivity contribution in [1.82, 2.24) is 5.32 Å². The number of hydrogen-bond acceptors (Lipinski definition) is 6. The molecule has 0 aliphatic rings. The lowest BCUT2D eigenvalue weighted by atomic mass is 10.0. The van der Waals surface area contributed by atoms with Crippen LogP contribution in [-0.4, -0.2) is 36.0 Å². The van der Waals surface area contributed by atoms with E-state index in [1.165, 1.54) is 12.1 Å². The first-order chi connectivity index (χ1) is 12.0. The Bertz CT molecular complexity index is 855. The summed E-state index contributed by atoms with van der Waals surface area (Å²) in [5.41, 5.74) is -0.347. The summed E-state index contributed by atoms with van der Waals surface area (Å²) < 4.78 is 31.2.